The number of furan rings is 1. The van der Waals surface area contributed by atoms with Crippen LogP contribution in [0.3, 0.4) is 0 Å². The van der Waals surface area contributed by atoms with Crippen LogP contribution in [0.1, 0.15) is 32.6 Å². The van der Waals surface area contributed by atoms with Gasteiger partial charge in [-0.3, -0.25) is 14.3 Å². The van der Waals surface area contributed by atoms with E-state index in [-0.39, 0.29) is 37.7 Å². The number of nitrogens with zero attached hydrogens (tertiary/aromatic N) is 3. The van der Waals surface area contributed by atoms with Crippen LogP contribution >= 0.6 is 11.3 Å². The molecular formula is C19H14F3N5O3S. The Morgan fingerprint density at radius 3 is 2.71 bits per heavy atom. The van der Waals surface area contributed by atoms with Crippen molar-refractivity contribution >= 4 is 39.1 Å². The van der Waals surface area contributed by atoms with Gasteiger partial charge in [-0.1, -0.05) is 0 Å². The summed E-state index contributed by atoms with van der Waals surface area (Å²) in [6.45, 7) is 2.37. The molecule has 0 spiro atoms. The largest absolute Gasteiger partial charge is 0.464 e. The number of amides is 2. The first-order chi connectivity index (χ1) is 14.7. The quantitative estimate of drug-likeness (QED) is 0.475. The third-order valence-electron chi connectivity index (χ3n) is 4.42. The van der Waals surface area contributed by atoms with E-state index in [9.17, 15) is 22.8 Å². The van der Waals surface area contributed by atoms with E-state index in [1.807, 2.05) is 6.92 Å². The second kappa shape index (κ2) is 7.54. The smallest absolute Gasteiger partial charge is 0.433 e. The maximum Gasteiger partial charge on any atom is 0.433 e. The topological polar surface area (TPSA) is 116 Å². The van der Waals surface area contributed by atoms with Gasteiger partial charge in [-0.05, 0) is 25.1 Å². The van der Waals surface area contributed by atoms with E-state index in [1.54, 1.807) is 0 Å². The molecule has 0 radical (unpaired) electrons. The fourth-order valence-corrected chi connectivity index (χ4v) is 4.01. The van der Waals surface area contributed by atoms with Gasteiger partial charge >= 0.3 is 6.18 Å². The number of hydrogen-bond donors (Lipinski definition) is 2. The molecule has 0 saturated carbocycles. The minimum Gasteiger partial charge on any atom is -0.464 e. The van der Waals surface area contributed by atoms with Gasteiger partial charge in [0.25, 0.3) is 11.8 Å². The monoisotopic (exact) mass is 449 g/mol. The Morgan fingerprint density at radius 1 is 1.35 bits per heavy atom. The van der Waals surface area contributed by atoms with Gasteiger partial charge in [-0.15, -0.1) is 11.3 Å². The molecule has 4 rings (SSSR count). The van der Waals surface area contributed by atoms with Crippen LogP contribution in [0.5, 0.6) is 0 Å². The van der Waals surface area contributed by atoms with E-state index in [0.717, 1.165) is 6.07 Å². The predicted molar refractivity (Wildman–Crippen MR) is 107 cm³/mol. The van der Waals surface area contributed by atoms with Gasteiger partial charge in [0.05, 0.1) is 23.7 Å². The highest BCUT2D eigenvalue weighted by Gasteiger charge is 2.35. The van der Waals surface area contributed by atoms with Crippen molar-refractivity contribution in [3.8, 4) is 11.3 Å². The summed E-state index contributed by atoms with van der Waals surface area (Å²) in [4.78, 5) is 28.2. The molecule has 0 aliphatic heterocycles. The van der Waals surface area contributed by atoms with Crippen LogP contribution in [0.15, 0.2) is 41.3 Å². The van der Waals surface area contributed by atoms with Crippen LogP contribution < -0.4 is 11.1 Å². The zero-order chi connectivity index (χ0) is 22.3. The summed E-state index contributed by atoms with van der Waals surface area (Å²) in [6.07, 6.45) is -0.593. The molecule has 0 aromatic carbocycles. The SMILES string of the molecule is CCn1cc(C(=O)Nc2c(C(N)=O)sc3nc(C(F)(F)F)cc(-c4ccco4)c23)cn1. The second-order valence-corrected chi connectivity index (χ2v) is 7.42. The molecule has 2 amide bonds. The third-order valence-corrected chi connectivity index (χ3v) is 5.52. The zero-order valence-electron chi connectivity index (χ0n) is 15.9. The molecule has 3 N–H and O–H groups in total. The Kier molecular flexibility index (Phi) is 5.01. The van der Waals surface area contributed by atoms with Crippen LogP contribution in [0, 0.1) is 0 Å². The molecule has 8 nitrogen and oxygen atoms in total. The Labute approximate surface area is 176 Å². The van der Waals surface area contributed by atoms with E-state index in [2.05, 4.69) is 15.4 Å². The molecule has 0 unspecified atom stereocenters. The van der Waals surface area contributed by atoms with Crippen LogP contribution in [0.4, 0.5) is 18.9 Å². The lowest BCUT2D eigenvalue weighted by Gasteiger charge is -2.10. The van der Waals surface area contributed by atoms with Crippen molar-refractivity contribution < 1.29 is 27.2 Å². The first-order valence-electron chi connectivity index (χ1n) is 8.91. The van der Waals surface area contributed by atoms with Gasteiger partial charge < -0.3 is 15.5 Å². The maximum absolute atomic E-state index is 13.4. The van der Waals surface area contributed by atoms with Crippen LogP contribution in [0.2, 0.25) is 0 Å². The molecular weight excluding hydrogens is 435 g/mol. The number of carbonyl (C=O) groups excluding carboxylic acids is 2. The fourth-order valence-electron chi connectivity index (χ4n) is 3.00. The Balaban J connectivity index is 1.94. The van der Waals surface area contributed by atoms with Gasteiger partial charge in [0.15, 0.2) is 0 Å². The summed E-state index contributed by atoms with van der Waals surface area (Å²) in [7, 11) is 0. The number of halogens is 3. The molecule has 0 fully saturated rings. The number of anilines is 1. The number of aryl methyl sites for hydroxylation is 1. The van der Waals surface area contributed by atoms with Crippen molar-refractivity contribution in [3.63, 3.8) is 0 Å². The maximum atomic E-state index is 13.4. The van der Waals surface area contributed by atoms with Crippen molar-refractivity contribution in [2.24, 2.45) is 5.73 Å². The molecule has 31 heavy (non-hydrogen) atoms. The lowest BCUT2D eigenvalue weighted by atomic mass is 10.1. The minimum atomic E-state index is -4.73. The molecule has 0 bridgehead atoms. The molecule has 0 atom stereocenters. The number of carbonyl (C=O) groups is 2. The summed E-state index contributed by atoms with van der Waals surface area (Å²) < 4.78 is 47.1. The summed E-state index contributed by atoms with van der Waals surface area (Å²) >= 11 is 0.658. The highest BCUT2D eigenvalue weighted by Crippen LogP contribution is 2.43. The van der Waals surface area contributed by atoms with E-state index in [0.29, 0.717) is 17.9 Å². The fraction of sp³-hybridized carbons (Fsp3) is 0.158. The van der Waals surface area contributed by atoms with Gasteiger partial charge in [-0.25, -0.2) is 4.98 Å². The predicted octanol–water partition coefficient (Wildman–Crippen LogP) is 4.14. The van der Waals surface area contributed by atoms with E-state index in [4.69, 9.17) is 10.2 Å². The van der Waals surface area contributed by atoms with E-state index in [1.165, 1.54) is 35.5 Å². The average molecular weight is 449 g/mol. The Hall–Kier alpha value is -3.67. The van der Waals surface area contributed by atoms with Gasteiger partial charge in [0.2, 0.25) is 0 Å². The molecule has 4 heterocycles. The van der Waals surface area contributed by atoms with E-state index < -0.39 is 23.7 Å². The van der Waals surface area contributed by atoms with Crippen molar-refractivity contribution in [2.45, 2.75) is 19.6 Å². The molecule has 0 aliphatic carbocycles. The number of fused-ring (bicyclic) bond motifs is 1. The number of thiophene rings is 1. The molecule has 0 saturated heterocycles. The highest BCUT2D eigenvalue weighted by atomic mass is 32.1. The Morgan fingerprint density at radius 2 is 2.13 bits per heavy atom. The van der Waals surface area contributed by atoms with Crippen molar-refractivity contribution in [1.29, 1.82) is 0 Å². The summed E-state index contributed by atoms with van der Waals surface area (Å²) in [5.41, 5.74) is 4.47. The zero-order valence-corrected chi connectivity index (χ0v) is 16.7. The van der Waals surface area contributed by atoms with E-state index >= 15 is 0 Å². The molecule has 0 aliphatic rings. The number of nitrogens with one attached hydrogen (secondary N) is 1. The average Bonchev–Trinajstić information content (AvgIpc) is 3.46. The number of primary amides is 1. The number of pyridine rings is 1. The van der Waals surface area contributed by atoms with Crippen LogP contribution in [0.25, 0.3) is 21.5 Å². The number of rotatable bonds is 5. The van der Waals surface area contributed by atoms with Gasteiger partial charge in [-0.2, -0.15) is 18.3 Å². The van der Waals surface area contributed by atoms with Crippen molar-refractivity contribution in [3.05, 3.63) is 53.0 Å². The van der Waals surface area contributed by atoms with Gasteiger partial charge in [0, 0.05) is 23.7 Å². The minimum absolute atomic E-state index is 0.0191. The number of alkyl halides is 3. The molecule has 160 valence electrons. The summed E-state index contributed by atoms with van der Waals surface area (Å²) in [5.74, 6) is -1.41. The lowest BCUT2D eigenvalue weighted by molar-refractivity contribution is -0.140. The van der Waals surface area contributed by atoms with Crippen molar-refractivity contribution in [1.82, 2.24) is 14.8 Å². The van der Waals surface area contributed by atoms with Crippen molar-refractivity contribution in [2.75, 3.05) is 5.32 Å². The summed E-state index contributed by atoms with van der Waals surface area (Å²) in [6, 6.07) is 3.78. The first kappa shape index (κ1) is 20.6. The first-order valence-corrected chi connectivity index (χ1v) is 9.73. The standard InChI is InChI=1S/C19H14F3N5O3S/c1-2-27-8-9(7-24-27)17(29)26-14-13-10(11-4-3-5-30-11)6-12(19(20,21)22)25-18(13)31-15(14)16(23)28/h3-8H,2H2,1H3,(H2,23,28)(H,26,29). The Bertz CT molecular complexity index is 1290. The number of nitrogens with two attached hydrogens (primary N) is 1. The third kappa shape index (κ3) is 3.77. The molecule has 4 aromatic heterocycles. The van der Waals surface area contributed by atoms with Crippen LogP contribution in [-0.4, -0.2) is 26.6 Å². The molecule has 4 aromatic rings. The van der Waals surface area contributed by atoms with Gasteiger partial charge in [0.1, 0.15) is 21.2 Å². The summed E-state index contributed by atoms with van der Waals surface area (Å²) in [5, 5.41) is 6.72. The highest BCUT2D eigenvalue weighted by molar-refractivity contribution is 7.21. The number of aromatic nitrogens is 3. The normalized spacial score (nSPS) is 11.7. The second-order valence-electron chi connectivity index (χ2n) is 6.42. The lowest BCUT2D eigenvalue weighted by Crippen LogP contribution is -2.16. The van der Waals surface area contributed by atoms with Crippen LogP contribution in [-0.2, 0) is 12.7 Å². The number of hydrogen-bond acceptors (Lipinski definition) is 6. The molecule has 12 heteroatoms.